The topological polar surface area (TPSA) is 91.8 Å². The molecule has 30 heavy (non-hydrogen) atoms. The molecule has 1 saturated heterocycles. The largest absolute Gasteiger partial charge is 0.481 e. The molecule has 0 saturated carbocycles. The zero-order valence-corrected chi connectivity index (χ0v) is 17.2. The van der Waals surface area contributed by atoms with Crippen LogP contribution in [0.5, 0.6) is 0 Å². The molecule has 0 bridgehead atoms. The Labute approximate surface area is 181 Å². The number of amides is 1. The molecule has 1 heterocycles. The van der Waals surface area contributed by atoms with Gasteiger partial charge in [-0.25, -0.2) is 0 Å². The van der Waals surface area contributed by atoms with Gasteiger partial charge in [0.05, 0.1) is 4.91 Å². The Kier molecular flexibility index (Phi) is 5.36. The minimum Gasteiger partial charge on any atom is -0.481 e. The molecule has 0 spiro atoms. The van der Waals surface area contributed by atoms with Crippen LogP contribution in [0.15, 0.2) is 47.4 Å². The van der Waals surface area contributed by atoms with E-state index in [-0.39, 0.29) is 30.4 Å². The zero-order valence-electron chi connectivity index (χ0n) is 15.6. The van der Waals surface area contributed by atoms with E-state index in [1.54, 1.807) is 48.5 Å². The van der Waals surface area contributed by atoms with Crippen LogP contribution in [-0.4, -0.2) is 44.3 Å². The number of thioether (sulfide) groups is 1. The quantitative estimate of drug-likeness (QED) is 0.482. The molecule has 1 aliphatic carbocycles. The summed E-state index contributed by atoms with van der Waals surface area (Å²) >= 11 is 6.38. The number of hydrogen-bond donors (Lipinski definition) is 1. The Morgan fingerprint density at radius 2 is 1.63 bits per heavy atom. The molecule has 1 amide bonds. The predicted octanol–water partition coefficient (Wildman–Crippen LogP) is 3.53. The molecule has 0 unspecified atom stereocenters. The number of aliphatic carboxylic acids is 1. The Bertz CT molecular complexity index is 1170. The molecule has 150 valence electrons. The lowest BCUT2D eigenvalue weighted by molar-refractivity contribution is -0.137. The lowest BCUT2D eigenvalue weighted by Crippen LogP contribution is -2.29. The maximum absolute atomic E-state index is 12.9. The molecule has 4 rings (SSSR count). The van der Waals surface area contributed by atoms with Crippen LogP contribution < -0.4 is 0 Å². The van der Waals surface area contributed by atoms with Crippen LogP contribution in [0.3, 0.4) is 0 Å². The lowest BCUT2D eigenvalue weighted by atomic mass is 9.83. The standard InChI is InChI=1S/C22H15NO5S2/c24-18(25)6-3-9-23-21(28)17(30-22(23)29)11-12-7-8-15-16(10-12)20(27)14-5-2-1-4-13(14)19(15)26/h1-2,4-5,7-8,10-11H,3,6,9H2,(H,24,25)/b17-11-. The van der Waals surface area contributed by atoms with E-state index >= 15 is 0 Å². The molecule has 8 heteroatoms. The van der Waals surface area contributed by atoms with Gasteiger partial charge in [-0.2, -0.15) is 0 Å². The summed E-state index contributed by atoms with van der Waals surface area (Å²) in [5, 5.41) is 8.76. The molecule has 1 fully saturated rings. The third-order valence-electron chi connectivity index (χ3n) is 4.89. The minimum absolute atomic E-state index is 0.0431. The summed E-state index contributed by atoms with van der Waals surface area (Å²) in [6, 6.07) is 11.6. The van der Waals surface area contributed by atoms with E-state index < -0.39 is 5.97 Å². The van der Waals surface area contributed by atoms with Gasteiger partial charge in [0.15, 0.2) is 11.6 Å². The third kappa shape index (κ3) is 3.59. The highest BCUT2D eigenvalue weighted by atomic mass is 32.2. The van der Waals surface area contributed by atoms with Crippen molar-refractivity contribution < 1.29 is 24.3 Å². The number of nitrogens with zero attached hydrogens (tertiary/aromatic N) is 1. The van der Waals surface area contributed by atoms with Crippen LogP contribution in [0.25, 0.3) is 6.08 Å². The second-order valence-corrected chi connectivity index (χ2v) is 8.52. The molecule has 1 N–H and O–H groups in total. The van der Waals surface area contributed by atoms with Crippen LogP contribution >= 0.6 is 24.0 Å². The number of carbonyl (C=O) groups is 4. The number of carboxylic acid groups (broad SMARTS) is 1. The van der Waals surface area contributed by atoms with Crippen molar-refractivity contribution in [1.82, 2.24) is 4.90 Å². The Morgan fingerprint density at radius 3 is 2.30 bits per heavy atom. The SMILES string of the molecule is O=C(O)CCCN1C(=O)/C(=C/c2ccc3c(c2)C(=O)c2ccccc2C3=O)SC1=S. The predicted molar refractivity (Wildman–Crippen MR) is 116 cm³/mol. The molecular formula is C22H15NO5S2. The highest BCUT2D eigenvalue weighted by molar-refractivity contribution is 8.26. The average Bonchev–Trinajstić information content (AvgIpc) is 2.99. The second kappa shape index (κ2) is 7.97. The molecule has 0 aromatic heterocycles. The molecule has 1 aliphatic heterocycles. The van der Waals surface area contributed by atoms with Crippen LogP contribution in [0, 0.1) is 0 Å². The zero-order chi connectivity index (χ0) is 21.4. The number of ketones is 2. The van der Waals surface area contributed by atoms with E-state index in [0.29, 0.717) is 43.5 Å². The molecule has 2 aliphatic rings. The van der Waals surface area contributed by atoms with Gasteiger partial charge < -0.3 is 5.11 Å². The molecule has 0 radical (unpaired) electrons. The van der Waals surface area contributed by atoms with Crippen LogP contribution in [0.4, 0.5) is 0 Å². The van der Waals surface area contributed by atoms with Crippen LogP contribution in [-0.2, 0) is 9.59 Å². The van der Waals surface area contributed by atoms with E-state index in [1.807, 2.05) is 0 Å². The maximum Gasteiger partial charge on any atom is 0.303 e. The van der Waals surface area contributed by atoms with E-state index in [2.05, 4.69) is 0 Å². The van der Waals surface area contributed by atoms with Crippen molar-refractivity contribution in [3.63, 3.8) is 0 Å². The van der Waals surface area contributed by atoms with Gasteiger partial charge in [0.1, 0.15) is 4.32 Å². The first-order valence-corrected chi connectivity index (χ1v) is 10.4. The van der Waals surface area contributed by atoms with Gasteiger partial charge in [-0.05, 0) is 30.2 Å². The second-order valence-electron chi connectivity index (χ2n) is 6.84. The van der Waals surface area contributed by atoms with Gasteiger partial charge >= 0.3 is 5.97 Å². The van der Waals surface area contributed by atoms with Gasteiger partial charge in [0.25, 0.3) is 5.91 Å². The first-order chi connectivity index (χ1) is 14.4. The summed E-state index contributed by atoms with van der Waals surface area (Å²) in [7, 11) is 0. The molecule has 2 aromatic carbocycles. The third-order valence-corrected chi connectivity index (χ3v) is 6.27. The van der Waals surface area contributed by atoms with Crippen molar-refractivity contribution >= 4 is 57.8 Å². The first-order valence-electron chi connectivity index (χ1n) is 9.16. The van der Waals surface area contributed by atoms with Gasteiger partial charge in [0, 0.05) is 35.2 Å². The summed E-state index contributed by atoms with van der Waals surface area (Å²) in [4.78, 5) is 50.7. The number of thiocarbonyl (C=S) groups is 1. The van der Waals surface area contributed by atoms with Gasteiger partial charge in [-0.15, -0.1) is 0 Å². The summed E-state index contributed by atoms with van der Waals surface area (Å²) < 4.78 is 0.370. The van der Waals surface area contributed by atoms with Crippen molar-refractivity contribution in [1.29, 1.82) is 0 Å². The summed E-state index contributed by atoms with van der Waals surface area (Å²) in [6.07, 6.45) is 1.90. The molecule has 2 aromatic rings. The van der Waals surface area contributed by atoms with Crippen molar-refractivity contribution in [3.05, 3.63) is 75.2 Å². The first kappa shape index (κ1) is 20.2. The number of benzene rings is 2. The Hall–Kier alpha value is -3.10. The number of carbonyl (C=O) groups excluding carboxylic acids is 3. The molecular weight excluding hydrogens is 422 g/mol. The van der Waals surface area contributed by atoms with Crippen LogP contribution in [0.2, 0.25) is 0 Å². The summed E-state index contributed by atoms with van der Waals surface area (Å²) in [6.45, 7) is 0.238. The Balaban J connectivity index is 1.61. The fourth-order valence-electron chi connectivity index (χ4n) is 3.44. The Morgan fingerprint density at radius 1 is 1.00 bits per heavy atom. The van der Waals surface area contributed by atoms with Gasteiger partial charge in [0.2, 0.25) is 0 Å². The monoisotopic (exact) mass is 437 g/mol. The fourth-order valence-corrected chi connectivity index (χ4v) is 4.75. The number of hydrogen-bond acceptors (Lipinski definition) is 6. The van der Waals surface area contributed by atoms with Crippen LogP contribution in [0.1, 0.15) is 50.2 Å². The summed E-state index contributed by atoms with van der Waals surface area (Å²) in [5.41, 5.74) is 2.03. The maximum atomic E-state index is 12.9. The number of fused-ring (bicyclic) bond motifs is 2. The van der Waals surface area contributed by atoms with E-state index in [4.69, 9.17) is 17.3 Å². The van der Waals surface area contributed by atoms with E-state index in [0.717, 1.165) is 11.8 Å². The van der Waals surface area contributed by atoms with Crippen molar-refractivity contribution in [2.24, 2.45) is 0 Å². The van der Waals surface area contributed by atoms with Gasteiger partial charge in [-0.3, -0.25) is 24.1 Å². The number of carboxylic acids is 1. The summed E-state index contributed by atoms with van der Waals surface area (Å²) in [5.74, 6) is -1.64. The van der Waals surface area contributed by atoms with Crippen molar-refractivity contribution in [3.8, 4) is 0 Å². The molecule has 0 atom stereocenters. The highest BCUT2D eigenvalue weighted by Crippen LogP contribution is 2.34. The van der Waals surface area contributed by atoms with Crippen molar-refractivity contribution in [2.45, 2.75) is 12.8 Å². The average molecular weight is 437 g/mol. The lowest BCUT2D eigenvalue weighted by Gasteiger charge is -2.17. The normalized spacial score (nSPS) is 16.8. The molecule has 6 nitrogen and oxygen atoms in total. The van der Waals surface area contributed by atoms with E-state index in [9.17, 15) is 19.2 Å². The number of rotatable bonds is 5. The fraction of sp³-hybridized carbons (Fsp3) is 0.136. The minimum atomic E-state index is -0.925. The smallest absolute Gasteiger partial charge is 0.303 e. The van der Waals surface area contributed by atoms with Crippen molar-refractivity contribution in [2.75, 3.05) is 6.54 Å². The van der Waals surface area contributed by atoms with E-state index in [1.165, 1.54) is 4.90 Å². The highest BCUT2D eigenvalue weighted by Gasteiger charge is 2.32. The van der Waals surface area contributed by atoms with Gasteiger partial charge in [-0.1, -0.05) is 54.3 Å².